The predicted octanol–water partition coefficient (Wildman–Crippen LogP) is 2.28. The summed E-state index contributed by atoms with van der Waals surface area (Å²) in [6, 6.07) is 1.65. The fraction of sp³-hybridized carbons (Fsp3) is 0.538. The van der Waals surface area contributed by atoms with E-state index in [2.05, 4.69) is 11.9 Å². The smallest absolute Gasteiger partial charge is 0.341 e. The molecule has 0 aliphatic heterocycles. The molecule has 0 atom stereocenters. The van der Waals surface area contributed by atoms with E-state index in [1.165, 1.54) is 6.20 Å². The molecule has 0 aliphatic carbocycles. The molecule has 100 valence electrons. The Balaban J connectivity index is 2.47. The van der Waals surface area contributed by atoms with E-state index < -0.39 is 5.97 Å². The number of aromatic nitrogens is 1. The Kier molecular flexibility index (Phi) is 6.14. The van der Waals surface area contributed by atoms with E-state index >= 15 is 0 Å². The summed E-state index contributed by atoms with van der Waals surface area (Å²) < 4.78 is 10.7. The van der Waals surface area contributed by atoms with Crippen LogP contribution in [0.15, 0.2) is 12.3 Å². The molecule has 1 rings (SSSR count). The highest BCUT2D eigenvalue weighted by Crippen LogP contribution is 2.18. The molecule has 0 amide bonds. The normalized spacial score (nSPS) is 10.3. The van der Waals surface area contributed by atoms with Crippen LogP contribution in [0.5, 0.6) is 5.88 Å². The van der Waals surface area contributed by atoms with E-state index in [-0.39, 0.29) is 11.4 Å². The summed E-state index contributed by atoms with van der Waals surface area (Å²) in [4.78, 5) is 15.0. The lowest BCUT2D eigenvalue weighted by atomic mass is 10.1. The quantitative estimate of drug-likeness (QED) is 0.720. The minimum absolute atomic E-state index is 0.117. The second kappa shape index (κ2) is 7.66. The van der Waals surface area contributed by atoms with E-state index in [1.807, 2.05) is 0 Å². The van der Waals surface area contributed by atoms with Gasteiger partial charge in [0.1, 0.15) is 12.2 Å². The largest absolute Gasteiger partial charge is 0.477 e. The molecular weight excluding hydrogens is 234 g/mol. The Labute approximate surface area is 107 Å². The molecule has 1 aromatic heterocycles. The zero-order chi connectivity index (χ0) is 13.4. The Morgan fingerprint density at radius 3 is 2.83 bits per heavy atom. The van der Waals surface area contributed by atoms with Gasteiger partial charge in [0, 0.05) is 12.8 Å². The maximum absolute atomic E-state index is 11.1. The van der Waals surface area contributed by atoms with Crippen molar-refractivity contribution in [2.75, 3.05) is 19.8 Å². The average molecular weight is 253 g/mol. The van der Waals surface area contributed by atoms with Crippen molar-refractivity contribution in [3.63, 3.8) is 0 Å². The molecule has 0 radical (unpaired) electrons. The lowest BCUT2D eigenvalue weighted by molar-refractivity contribution is 0.0681. The number of carboxylic acids is 1. The van der Waals surface area contributed by atoms with E-state index in [0.29, 0.717) is 25.4 Å². The van der Waals surface area contributed by atoms with Crippen LogP contribution in [0.4, 0.5) is 0 Å². The first-order valence-corrected chi connectivity index (χ1v) is 6.06. The SMILES string of the molecule is CCCCOCCOc1nccc(C)c1C(=O)O. The van der Waals surface area contributed by atoms with Crippen molar-refractivity contribution >= 4 is 5.97 Å². The summed E-state index contributed by atoms with van der Waals surface area (Å²) in [5, 5.41) is 9.07. The van der Waals surface area contributed by atoms with Crippen LogP contribution in [0.2, 0.25) is 0 Å². The topological polar surface area (TPSA) is 68.7 Å². The molecule has 0 saturated heterocycles. The number of ether oxygens (including phenoxy) is 2. The Morgan fingerprint density at radius 1 is 1.39 bits per heavy atom. The molecule has 1 aromatic rings. The van der Waals surface area contributed by atoms with Crippen LogP contribution in [0.25, 0.3) is 0 Å². The number of unbranched alkanes of at least 4 members (excludes halogenated alkanes) is 1. The number of aromatic carboxylic acids is 1. The van der Waals surface area contributed by atoms with E-state index in [9.17, 15) is 4.79 Å². The molecule has 0 unspecified atom stereocenters. The molecule has 1 N–H and O–H groups in total. The average Bonchev–Trinajstić information content (AvgIpc) is 2.33. The number of aryl methyl sites for hydroxylation is 1. The molecule has 0 aromatic carbocycles. The van der Waals surface area contributed by atoms with Crippen LogP contribution in [-0.4, -0.2) is 35.9 Å². The molecule has 0 bridgehead atoms. The van der Waals surface area contributed by atoms with Gasteiger partial charge in [-0.25, -0.2) is 9.78 Å². The van der Waals surface area contributed by atoms with Crippen molar-refractivity contribution in [3.05, 3.63) is 23.4 Å². The lowest BCUT2D eigenvalue weighted by Gasteiger charge is -2.09. The summed E-state index contributed by atoms with van der Waals surface area (Å²) in [5.74, 6) is -0.871. The number of rotatable bonds is 8. The first kappa shape index (κ1) is 14.4. The summed E-state index contributed by atoms with van der Waals surface area (Å²) in [6.45, 7) is 5.26. The fourth-order valence-corrected chi connectivity index (χ4v) is 1.45. The molecule has 5 heteroatoms. The Bertz CT molecular complexity index is 393. The molecule has 18 heavy (non-hydrogen) atoms. The van der Waals surface area contributed by atoms with Crippen LogP contribution >= 0.6 is 0 Å². The minimum Gasteiger partial charge on any atom is -0.477 e. The number of nitrogens with zero attached hydrogens (tertiary/aromatic N) is 1. The standard InChI is InChI=1S/C13H19NO4/c1-3-4-7-17-8-9-18-12-11(13(15)16)10(2)5-6-14-12/h5-6H,3-4,7-9H2,1-2H3,(H,15,16). The Morgan fingerprint density at radius 2 is 2.17 bits per heavy atom. The molecule has 5 nitrogen and oxygen atoms in total. The van der Waals surface area contributed by atoms with Crippen LogP contribution in [0.1, 0.15) is 35.7 Å². The van der Waals surface area contributed by atoms with Gasteiger partial charge in [0.05, 0.1) is 6.61 Å². The lowest BCUT2D eigenvalue weighted by Crippen LogP contribution is -2.12. The van der Waals surface area contributed by atoms with Gasteiger partial charge in [-0.1, -0.05) is 13.3 Å². The third-order valence-corrected chi connectivity index (χ3v) is 2.45. The van der Waals surface area contributed by atoms with Gasteiger partial charge in [-0.3, -0.25) is 0 Å². The van der Waals surface area contributed by atoms with Crippen LogP contribution in [-0.2, 0) is 4.74 Å². The number of carboxylic acid groups (broad SMARTS) is 1. The monoisotopic (exact) mass is 253 g/mol. The van der Waals surface area contributed by atoms with Crippen molar-refractivity contribution in [1.82, 2.24) is 4.98 Å². The van der Waals surface area contributed by atoms with Gasteiger partial charge in [0.25, 0.3) is 0 Å². The maximum Gasteiger partial charge on any atom is 0.341 e. The molecule has 1 heterocycles. The summed E-state index contributed by atoms with van der Waals surface area (Å²) in [6.07, 6.45) is 3.64. The first-order valence-electron chi connectivity index (χ1n) is 6.06. The van der Waals surface area contributed by atoms with Gasteiger partial charge in [-0.15, -0.1) is 0 Å². The van der Waals surface area contributed by atoms with Crippen molar-refractivity contribution in [1.29, 1.82) is 0 Å². The predicted molar refractivity (Wildman–Crippen MR) is 67.2 cm³/mol. The van der Waals surface area contributed by atoms with E-state index in [4.69, 9.17) is 14.6 Å². The summed E-state index contributed by atoms with van der Waals surface area (Å²) in [7, 11) is 0. The van der Waals surface area contributed by atoms with Crippen molar-refractivity contribution in [3.8, 4) is 5.88 Å². The van der Waals surface area contributed by atoms with Crippen molar-refractivity contribution in [2.45, 2.75) is 26.7 Å². The number of pyridine rings is 1. The van der Waals surface area contributed by atoms with Crippen LogP contribution in [0, 0.1) is 6.92 Å². The van der Waals surface area contributed by atoms with Gasteiger partial charge in [-0.2, -0.15) is 0 Å². The fourth-order valence-electron chi connectivity index (χ4n) is 1.45. The zero-order valence-corrected chi connectivity index (χ0v) is 10.8. The van der Waals surface area contributed by atoms with Crippen molar-refractivity contribution in [2.24, 2.45) is 0 Å². The van der Waals surface area contributed by atoms with Crippen molar-refractivity contribution < 1.29 is 19.4 Å². The van der Waals surface area contributed by atoms with E-state index in [0.717, 1.165) is 12.8 Å². The maximum atomic E-state index is 11.1. The van der Waals surface area contributed by atoms with Gasteiger partial charge in [0.15, 0.2) is 0 Å². The van der Waals surface area contributed by atoms with Gasteiger partial charge in [0.2, 0.25) is 5.88 Å². The molecular formula is C13H19NO4. The summed E-state index contributed by atoms with van der Waals surface area (Å²) >= 11 is 0. The number of hydrogen-bond acceptors (Lipinski definition) is 4. The molecule has 0 aliphatic rings. The minimum atomic E-state index is -1.03. The molecule has 0 spiro atoms. The van der Waals surface area contributed by atoms with Gasteiger partial charge >= 0.3 is 5.97 Å². The number of carbonyl (C=O) groups is 1. The van der Waals surface area contributed by atoms with Gasteiger partial charge in [-0.05, 0) is 25.0 Å². The highest BCUT2D eigenvalue weighted by Gasteiger charge is 2.15. The first-order chi connectivity index (χ1) is 8.66. The third-order valence-electron chi connectivity index (χ3n) is 2.45. The number of hydrogen-bond donors (Lipinski definition) is 1. The van der Waals surface area contributed by atoms with Gasteiger partial charge < -0.3 is 14.6 Å². The third kappa shape index (κ3) is 4.33. The highest BCUT2D eigenvalue weighted by molar-refractivity contribution is 5.91. The van der Waals surface area contributed by atoms with E-state index in [1.54, 1.807) is 13.0 Å². The zero-order valence-electron chi connectivity index (χ0n) is 10.8. The molecule has 0 fully saturated rings. The van der Waals surface area contributed by atoms with Crippen LogP contribution in [0.3, 0.4) is 0 Å². The van der Waals surface area contributed by atoms with Crippen LogP contribution < -0.4 is 4.74 Å². The summed E-state index contributed by atoms with van der Waals surface area (Å²) in [5.41, 5.74) is 0.755. The second-order valence-electron chi connectivity index (χ2n) is 3.93. The highest BCUT2D eigenvalue weighted by atomic mass is 16.5. The molecule has 0 saturated carbocycles. The Hall–Kier alpha value is -1.62. The second-order valence-corrected chi connectivity index (χ2v) is 3.93.